The molecule has 1 saturated heterocycles. The maximum atomic E-state index is 10.4. The molecule has 180 valence electrons. The quantitative estimate of drug-likeness (QED) is 0.537. The highest BCUT2D eigenvalue weighted by Gasteiger charge is 2.21. The van der Waals surface area contributed by atoms with Crippen LogP contribution in [0.1, 0.15) is 44.2 Å². The van der Waals surface area contributed by atoms with Gasteiger partial charge in [-0.25, -0.2) is 0 Å². The molecule has 4 rings (SSSR count). The highest BCUT2D eigenvalue weighted by Crippen LogP contribution is 2.37. The summed E-state index contributed by atoms with van der Waals surface area (Å²) in [6.07, 6.45) is 7.80. The second-order valence-electron chi connectivity index (χ2n) is 9.54. The number of nitrogens with zero attached hydrogens (tertiary/aromatic N) is 2. The predicted molar refractivity (Wildman–Crippen MR) is 143 cm³/mol. The first-order valence-electron chi connectivity index (χ1n) is 12.6. The van der Waals surface area contributed by atoms with E-state index in [0.29, 0.717) is 18.9 Å². The van der Waals surface area contributed by atoms with Crippen LogP contribution in [-0.4, -0.2) is 60.0 Å². The van der Waals surface area contributed by atoms with Crippen molar-refractivity contribution in [3.63, 3.8) is 0 Å². The Morgan fingerprint density at radius 2 is 1.65 bits per heavy atom. The smallest absolute Gasteiger partial charge is 0.0764 e. The molecule has 0 amide bonds. The van der Waals surface area contributed by atoms with Crippen LogP contribution in [0.3, 0.4) is 0 Å². The van der Waals surface area contributed by atoms with Crippen molar-refractivity contribution in [3.05, 3.63) is 89.5 Å². The third kappa shape index (κ3) is 5.87. The average Bonchev–Trinajstić information content (AvgIpc) is 2.87. The molecular formula is C30H38N2O2. The molecule has 0 unspecified atom stereocenters. The number of allylic oxidation sites excluding steroid dienone is 4. The summed E-state index contributed by atoms with van der Waals surface area (Å²) < 4.78 is 0. The third-order valence-corrected chi connectivity index (χ3v) is 6.91. The molecular weight excluding hydrogens is 420 g/mol. The van der Waals surface area contributed by atoms with E-state index in [2.05, 4.69) is 84.3 Å². The lowest BCUT2D eigenvalue weighted by Crippen LogP contribution is -2.48. The van der Waals surface area contributed by atoms with Gasteiger partial charge in [-0.05, 0) is 79.2 Å². The average molecular weight is 459 g/mol. The van der Waals surface area contributed by atoms with E-state index in [9.17, 15) is 10.2 Å². The van der Waals surface area contributed by atoms with Gasteiger partial charge >= 0.3 is 0 Å². The zero-order valence-electron chi connectivity index (χ0n) is 20.5. The Kier molecular flexibility index (Phi) is 8.39. The highest BCUT2D eigenvalue weighted by molar-refractivity contribution is 6.00. The summed E-state index contributed by atoms with van der Waals surface area (Å²) in [6.45, 7) is 8.98. The Balaban J connectivity index is 1.71. The maximum absolute atomic E-state index is 10.4. The molecule has 2 N–H and O–H groups in total. The van der Waals surface area contributed by atoms with Crippen molar-refractivity contribution < 1.29 is 10.2 Å². The molecule has 0 bridgehead atoms. The van der Waals surface area contributed by atoms with Gasteiger partial charge in [0.25, 0.3) is 0 Å². The number of anilines is 1. The molecule has 34 heavy (non-hydrogen) atoms. The molecule has 4 nitrogen and oxygen atoms in total. The monoisotopic (exact) mass is 458 g/mol. The highest BCUT2D eigenvalue weighted by atomic mass is 16.3. The van der Waals surface area contributed by atoms with E-state index in [1.165, 1.54) is 11.3 Å². The molecule has 2 aliphatic rings. The van der Waals surface area contributed by atoms with Crippen molar-refractivity contribution in [1.82, 2.24) is 4.90 Å². The molecule has 4 heteroatoms. The fourth-order valence-electron chi connectivity index (χ4n) is 4.99. The van der Waals surface area contributed by atoms with Crippen LogP contribution >= 0.6 is 0 Å². The molecule has 2 aromatic rings. The van der Waals surface area contributed by atoms with Gasteiger partial charge in [-0.2, -0.15) is 0 Å². The number of aliphatic hydroxyl groups is 2. The van der Waals surface area contributed by atoms with Gasteiger partial charge in [0.15, 0.2) is 0 Å². The lowest BCUT2D eigenvalue weighted by atomic mass is 9.85. The molecule has 0 spiro atoms. The van der Waals surface area contributed by atoms with Gasteiger partial charge in [0.05, 0.1) is 6.10 Å². The summed E-state index contributed by atoms with van der Waals surface area (Å²) >= 11 is 0. The van der Waals surface area contributed by atoms with Crippen molar-refractivity contribution in [1.29, 1.82) is 0 Å². The van der Waals surface area contributed by atoms with E-state index in [0.717, 1.165) is 54.9 Å². The van der Waals surface area contributed by atoms with E-state index in [1.807, 2.05) is 12.1 Å². The van der Waals surface area contributed by atoms with Crippen molar-refractivity contribution in [3.8, 4) is 0 Å². The van der Waals surface area contributed by atoms with Crippen LogP contribution in [0.25, 0.3) is 11.1 Å². The molecule has 0 radical (unpaired) electrons. The largest absolute Gasteiger partial charge is 0.396 e. The van der Waals surface area contributed by atoms with Crippen LogP contribution in [0.4, 0.5) is 5.69 Å². The number of piperazine rings is 1. The van der Waals surface area contributed by atoms with Gasteiger partial charge in [-0.1, -0.05) is 54.6 Å². The lowest BCUT2D eigenvalue weighted by molar-refractivity contribution is 0.209. The van der Waals surface area contributed by atoms with Gasteiger partial charge in [-0.15, -0.1) is 0 Å². The van der Waals surface area contributed by atoms with Crippen molar-refractivity contribution in [2.24, 2.45) is 0 Å². The van der Waals surface area contributed by atoms with Gasteiger partial charge in [-0.3, -0.25) is 4.90 Å². The molecule has 2 aromatic carbocycles. The molecule has 1 aliphatic heterocycles. The first-order valence-corrected chi connectivity index (χ1v) is 12.6. The maximum Gasteiger partial charge on any atom is 0.0764 e. The number of aliphatic hydroxyl groups excluding tert-OH is 2. The number of benzene rings is 2. The van der Waals surface area contributed by atoms with E-state index < -0.39 is 6.10 Å². The Morgan fingerprint density at radius 3 is 2.26 bits per heavy atom. The number of hydrogen-bond acceptors (Lipinski definition) is 4. The normalized spacial score (nSPS) is 19.9. The van der Waals surface area contributed by atoms with Crippen LogP contribution in [0.5, 0.6) is 0 Å². The summed E-state index contributed by atoms with van der Waals surface area (Å²) in [7, 11) is 0. The van der Waals surface area contributed by atoms with E-state index >= 15 is 0 Å². The van der Waals surface area contributed by atoms with Gasteiger partial charge in [0.1, 0.15) is 0 Å². The fraction of sp³-hybridized carbons (Fsp3) is 0.400. The topological polar surface area (TPSA) is 46.9 Å². The summed E-state index contributed by atoms with van der Waals surface area (Å²) in [5.41, 5.74) is 6.97. The molecule has 1 aliphatic carbocycles. The zero-order chi connectivity index (χ0) is 23.9. The van der Waals surface area contributed by atoms with Crippen LogP contribution in [0.15, 0.2) is 78.4 Å². The summed E-state index contributed by atoms with van der Waals surface area (Å²) in [4.78, 5) is 5.01. The molecule has 0 aromatic heterocycles. The molecule has 1 fully saturated rings. The summed E-state index contributed by atoms with van der Waals surface area (Å²) in [5.74, 6) is 0. The molecule has 0 saturated carbocycles. The van der Waals surface area contributed by atoms with Gasteiger partial charge < -0.3 is 15.1 Å². The van der Waals surface area contributed by atoms with Gasteiger partial charge in [0, 0.05) is 44.5 Å². The Morgan fingerprint density at radius 1 is 0.941 bits per heavy atom. The predicted octanol–water partition coefficient (Wildman–Crippen LogP) is 5.15. The lowest BCUT2D eigenvalue weighted by Gasteiger charge is -2.38. The Bertz CT molecular complexity index is 1010. The first-order chi connectivity index (χ1) is 16.6. The van der Waals surface area contributed by atoms with E-state index in [1.54, 1.807) is 0 Å². The van der Waals surface area contributed by atoms with Crippen molar-refractivity contribution in [2.75, 3.05) is 37.7 Å². The molecule has 1 heterocycles. The van der Waals surface area contributed by atoms with Crippen LogP contribution in [0.2, 0.25) is 0 Å². The summed E-state index contributed by atoms with van der Waals surface area (Å²) in [5, 5.41) is 20.0. The SMILES string of the molecule is CC(C)N1CCN(c2ccc(/C(C3=C[C@@H](O)CC=C3)=C(/CCCO)c3ccccc3)cc2)CC1. The first kappa shape index (κ1) is 24.5. The van der Waals surface area contributed by atoms with Crippen LogP contribution in [0, 0.1) is 0 Å². The fourth-order valence-corrected chi connectivity index (χ4v) is 4.99. The van der Waals surface area contributed by atoms with Crippen LogP contribution in [-0.2, 0) is 0 Å². The zero-order valence-corrected chi connectivity index (χ0v) is 20.5. The minimum absolute atomic E-state index is 0.155. The second kappa shape index (κ2) is 11.7. The third-order valence-electron chi connectivity index (χ3n) is 6.91. The second-order valence-corrected chi connectivity index (χ2v) is 9.54. The molecule has 1 atom stereocenters. The Hall–Kier alpha value is -2.66. The standard InChI is InChI=1S/C30H38N2O2/c1-23(2)31-17-19-32(20-18-31)27-15-13-25(14-16-27)30(26-10-6-11-28(34)22-26)29(12-7-21-33)24-8-4-3-5-9-24/h3-6,8-10,13-16,22-23,28,33-34H,7,11-12,17-21H2,1-2H3/b30-29+/t28-/m0/s1. The van der Waals surface area contributed by atoms with E-state index in [-0.39, 0.29) is 6.61 Å². The number of hydrogen-bond donors (Lipinski definition) is 2. The van der Waals surface area contributed by atoms with Crippen molar-refractivity contribution in [2.45, 2.75) is 45.3 Å². The minimum Gasteiger partial charge on any atom is -0.396 e. The summed E-state index contributed by atoms with van der Waals surface area (Å²) in [6, 6.07) is 19.9. The minimum atomic E-state index is -0.471. The van der Waals surface area contributed by atoms with Gasteiger partial charge in [0.2, 0.25) is 0 Å². The van der Waals surface area contributed by atoms with Crippen molar-refractivity contribution >= 4 is 16.8 Å². The Labute approximate surface area is 204 Å². The van der Waals surface area contributed by atoms with E-state index in [4.69, 9.17) is 0 Å². The van der Waals surface area contributed by atoms with Crippen LogP contribution < -0.4 is 4.90 Å². The number of rotatable bonds is 8.